The number of anilines is 1. The highest BCUT2D eigenvalue weighted by Crippen LogP contribution is 2.32. The number of methoxy groups -OCH3 is 1. The number of hydrogen-bond donors (Lipinski definition) is 1. The lowest BCUT2D eigenvalue weighted by Crippen LogP contribution is -2.44. The van der Waals surface area contributed by atoms with Gasteiger partial charge in [0.15, 0.2) is 0 Å². The minimum atomic E-state index is -0.363. The first kappa shape index (κ1) is 14.5. The predicted molar refractivity (Wildman–Crippen MR) is 83.9 cm³/mol. The lowest BCUT2D eigenvalue weighted by molar-refractivity contribution is -0.0132. The third kappa shape index (κ3) is 2.34. The Kier molecular flexibility index (Phi) is 3.59. The van der Waals surface area contributed by atoms with Crippen LogP contribution in [-0.2, 0) is 4.74 Å². The number of pyridine rings is 2. The molecular weight excluding hydrogens is 280 g/mol. The number of aromatic amines is 1. The van der Waals surface area contributed by atoms with Crippen molar-refractivity contribution in [1.82, 2.24) is 9.97 Å². The van der Waals surface area contributed by atoms with Crippen molar-refractivity contribution in [2.24, 2.45) is 0 Å². The number of ether oxygens (including phenoxy) is 1. The molecule has 0 bridgehead atoms. The first-order valence-corrected chi connectivity index (χ1v) is 7.29. The lowest BCUT2D eigenvalue weighted by atomic mass is 9.92. The minimum Gasteiger partial charge on any atom is -0.378 e. The van der Waals surface area contributed by atoms with Crippen LogP contribution in [0.1, 0.15) is 25.3 Å². The fraction of sp³-hybridized carbons (Fsp3) is 0.438. The summed E-state index contributed by atoms with van der Waals surface area (Å²) in [6.45, 7) is 3.55. The molecule has 0 aromatic carbocycles. The van der Waals surface area contributed by atoms with E-state index in [0.29, 0.717) is 16.7 Å². The zero-order chi connectivity index (χ0) is 15.7. The summed E-state index contributed by atoms with van der Waals surface area (Å²) in [7, 11) is 1.72. The van der Waals surface area contributed by atoms with Crippen LogP contribution in [0.5, 0.6) is 0 Å². The fourth-order valence-electron chi connectivity index (χ4n) is 2.92. The maximum atomic E-state index is 12.2. The molecule has 1 fully saturated rings. The van der Waals surface area contributed by atoms with E-state index in [1.807, 2.05) is 6.07 Å². The Morgan fingerprint density at radius 1 is 1.45 bits per heavy atom. The van der Waals surface area contributed by atoms with Gasteiger partial charge in [-0.15, -0.1) is 0 Å². The van der Waals surface area contributed by atoms with Crippen molar-refractivity contribution in [2.45, 2.75) is 25.4 Å². The number of piperidine rings is 1. The summed E-state index contributed by atoms with van der Waals surface area (Å²) in [4.78, 5) is 21.3. The monoisotopic (exact) mass is 298 g/mol. The fourth-order valence-corrected chi connectivity index (χ4v) is 2.92. The quantitative estimate of drug-likeness (QED) is 0.914. The molecule has 0 unspecified atom stereocenters. The molecule has 3 heterocycles. The van der Waals surface area contributed by atoms with Crippen LogP contribution in [0, 0.1) is 11.3 Å². The van der Waals surface area contributed by atoms with Crippen LogP contribution < -0.4 is 10.5 Å². The molecule has 1 aliphatic rings. The van der Waals surface area contributed by atoms with Gasteiger partial charge in [0.2, 0.25) is 0 Å². The second-order valence-corrected chi connectivity index (χ2v) is 5.83. The van der Waals surface area contributed by atoms with E-state index >= 15 is 0 Å². The Hall–Kier alpha value is -2.39. The van der Waals surface area contributed by atoms with Crippen molar-refractivity contribution in [3.05, 3.63) is 34.2 Å². The molecule has 2 aromatic rings. The Balaban J connectivity index is 2.11. The van der Waals surface area contributed by atoms with E-state index < -0.39 is 0 Å². The maximum absolute atomic E-state index is 12.2. The van der Waals surface area contributed by atoms with Crippen molar-refractivity contribution in [3.63, 3.8) is 0 Å². The molecule has 1 aliphatic heterocycles. The van der Waals surface area contributed by atoms with Gasteiger partial charge in [0, 0.05) is 26.4 Å². The average molecular weight is 298 g/mol. The minimum absolute atomic E-state index is 0.132. The van der Waals surface area contributed by atoms with Crippen LogP contribution in [0.15, 0.2) is 23.1 Å². The number of aromatic nitrogens is 2. The van der Waals surface area contributed by atoms with Crippen LogP contribution in [0.4, 0.5) is 5.69 Å². The molecule has 0 amide bonds. The first-order valence-electron chi connectivity index (χ1n) is 7.29. The van der Waals surface area contributed by atoms with Crippen molar-refractivity contribution < 1.29 is 4.74 Å². The molecule has 6 nitrogen and oxygen atoms in total. The molecule has 114 valence electrons. The van der Waals surface area contributed by atoms with Crippen LogP contribution >= 0.6 is 0 Å². The van der Waals surface area contributed by atoms with E-state index in [1.54, 1.807) is 25.4 Å². The van der Waals surface area contributed by atoms with Crippen LogP contribution in [0.25, 0.3) is 11.0 Å². The summed E-state index contributed by atoms with van der Waals surface area (Å²) in [5, 5.41) is 9.39. The zero-order valence-electron chi connectivity index (χ0n) is 12.7. The second kappa shape index (κ2) is 5.43. The number of H-pyrrole nitrogens is 1. The van der Waals surface area contributed by atoms with Crippen molar-refractivity contribution in [1.29, 1.82) is 5.26 Å². The number of rotatable bonds is 2. The predicted octanol–water partition coefficient (Wildman–Crippen LogP) is 1.80. The molecule has 6 heteroatoms. The van der Waals surface area contributed by atoms with Crippen molar-refractivity contribution in [2.75, 3.05) is 25.1 Å². The van der Waals surface area contributed by atoms with E-state index in [0.717, 1.165) is 25.9 Å². The number of hydrogen-bond acceptors (Lipinski definition) is 5. The standard InChI is InChI=1S/C16H18N4O2/c1-16(22-2)5-8-20(9-6-16)14-11(10-17)15(21)19-12-4-3-7-18-13(12)14/h3-4,7H,5-6,8-9H2,1-2H3,(H,19,21). The van der Waals surface area contributed by atoms with E-state index in [9.17, 15) is 10.1 Å². The van der Waals surface area contributed by atoms with Crippen LogP contribution in [0.2, 0.25) is 0 Å². The van der Waals surface area contributed by atoms with Gasteiger partial charge in [-0.1, -0.05) is 0 Å². The van der Waals surface area contributed by atoms with Gasteiger partial charge in [0.25, 0.3) is 5.56 Å². The Morgan fingerprint density at radius 3 is 2.82 bits per heavy atom. The highest BCUT2D eigenvalue weighted by Gasteiger charge is 2.32. The Morgan fingerprint density at radius 2 is 2.18 bits per heavy atom. The molecule has 2 aromatic heterocycles. The van der Waals surface area contributed by atoms with E-state index in [4.69, 9.17) is 4.74 Å². The highest BCUT2D eigenvalue weighted by molar-refractivity contribution is 5.91. The Labute approximate surface area is 128 Å². The normalized spacial score (nSPS) is 17.4. The molecule has 0 aliphatic carbocycles. The molecule has 0 spiro atoms. The smallest absolute Gasteiger partial charge is 0.268 e. The van der Waals surface area contributed by atoms with Gasteiger partial charge < -0.3 is 14.6 Å². The van der Waals surface area contributed by atoms with Gasteiger partial charge in [-0.2, -0.15) is 5.26 Å². The third-order valence-corrected chi connectivity index (χ3v) is 4.49. The third-order valence-electron chi connectivity index (χ3n) is 4.49. The van der Waals surface area contributed by atoms with Crippen LogP contribution in [-0.4, -0.2) is 35.8 Å². The summed E-state index contributed by atoms with van der Waals surface area (Å²) >= 11 is 0. The van der Waals surface area contributed by atoms with Gasteiger partial charge >= 0.3 is 0 Å². The number of nitrogens with one attached hydrogen (secondary N) is 1. The molecule has 0 saturated carbocycles. The van der Waals surface area contributed by atoms with Crippen LogP contribution in [0.3, 0.4) is 0 Å². The average Bonchev–Trinajstić information content (AvgIpc) is 2.54. The molecule has 1 saturated heterocycles. The summed E-state index contributed by atoms with van der Waals surface area (Å²) in [5.41, 5.74) is 1.58. The zero-order valence-corrected chi connectivity index (χ0v) is 12.7. The number of fused-ring (bicyclic) bond motifs is 1. The van der Waals surface area contributed by atoms with E-state index in [-0.39, 0.29) is 16.7 Å². The Bertz CT molecular complexity index is 798. The molecule has 0 radical (unpaired) electrons. The first-order chi connectivity index (χ1) is 10.6. The van der Waals surface area contributed by atoms with Gasteiger partial charge in [0.05, 0.1) is 16.8 Å². The van der Waals surface area contributed by atoms with Gasteiger partial charge in [0.1, 0.15) is 17.1 Å². The molecule has 0 atom stereocenters. The largest absolute Gasteiger partial charge is 0.378 e. The molecule has 1 N–H and O–H groups in total. The lowest BCUT2D eigenvalue weighted by Gasteiger charge is -2.39. The van der Waals surface area contributed by atoms with Crippen molar-refractivity contribution in [3.8, 4) is 6.07 Å². The second-order valence-electron chi connectivity index (χ2n) is 5.83. The molecular formula is C16H18N4O2. The van der Waals surface area contributed by atoms with Crippen molar-refractivity contribution >= 4 is 16.7 Å². The summed E-state index contributed by atoms with van der Waals surface area (Å²) in [6, 6.07) is 5.60. The summed E-state index contributed by atoms with van der Waals surface area (Å²) < 4.78 is 5.56. The molecule has 22 heavy (non-hydrogen) atoms. The highest BCUT2D eigenvalue weighted by atomic mass is 16.5. The van der Waals surface area contributed by atoms with E-state index in [1.165, 1.54) is 0 Å². The summed E-state index contributed by atoms with van der Waals surface area (Å²) in [5.74, 6) is 0. The maximum Gasteiger partial charge on any atom is 0.268 e. The topological polar surface area (TPSA) is 82.0 Å². The van der Waals surface area contributed by atoms with Gasteiger partial charge in [-0.3, -0.25) is 9.78 Å². The SMILES string of the molecule is COC1(C)CCN(c2c(C#N)c(=O)[nH]c3cccnc23)CC1. The summed E-state index contributed by atoms with van der Waals surface area (Å²) in [6.07, 6.45) is 3.36. The van der Waals surface area contributed by atoms with Gasteiger partial charge in [-0.05, 0) is 31.9 Å². The number of nitriles is 1. The van der Waals surface area contributed by atoms with Gasteiger partial charge in [-0.25, -0.2) is 0 Å². The molecule has 3 rings (SSSR count). The van der Waals surface area contributed by atoms with E-state index in [2.05, 4.69) is 21.8 Å². The number of nitrogens with zero attached hydrogens (tertiary/aromatic N) is 3.